The summed E-state index contributed by atoms with van der Waals surface area (Å²) in [5, 5.41) is 5.28. The van der Waals surface area contributed by atoms with Crippen LogP contribution in [-0.4, -0.2) is 45.1 Å². The zero-order valence-electron chi connectivity index (χ0n) is 23.4. The number of benzene rings is 2. The molecule has 1 amide bonds. The number of likely N-dealkylation sites (tertiary alicyclic amines) is 1. The molecule has 2 aliphatic rings. The molecule has 0 spiro atoms. The Morgan fingerprint density at radius 3 is 2.63 bits per heavy atom. The Labute approximate surface area is 246 Å². The number of hydrogen-bond acceptors (Lipinski definition) is 5. The summed E-state index contributed by atoms with van der Waals surface area (Å²) >= 11 is 6.54. The van der Waals surface area contributed by atoms with Gasteiger partial charge in [0.1, 0.15) is 6.61 Å². The van der Waals surface area contributed by atoms with Crippen molar-refractivity contribution in [1.82, 2.24) is 19.9 Å². The minimum absolute atomic E-state index is 0.189. The summed E-state index contributed by atoms with van der Waals surface area (Å²) in [6, 6.07) is 18.4. The first kappa shape index (κ1) is 27.6. The van der Waals surface area contributed by atoms with Gasteiger partial charge in [0.2, 0.25) is 5.95 Å². The summed E-state index contributed by atoms with van der Waals surface area (Å²) < 4.78 is 5.53. The van der Waals surface area contributed by atoms with Gasteiger partial charge in [0, 0.05) is 41.8 Å². The van der Waals surface area contributed by atoms with Crippen LogP contribution in [0, 0.1) is 11.8 Å². The summed E-state index contributed by atoms with van der Waals surface area (Å²) in [4.78, 5) is 27.0. The molecule has 1 saturated carbocycles. The topological polar surface area (TPSA) is 83.1 Å². The second kappa shape index (κ2) is 12.9. The minimum Gasteiger partial charge on any atom is -0.445 e. The molecule has 2 fully saturated rings. The van der Waals surface area contributed by atoms with E-state index in [1.807, 2.05) is 53.6 Å². The van der Waals surface area contributed by atoms with Crippen LogP contribution in [0.5, 0.6) is 0 Å². The van der Waals surface area contributed by atoms with Crippen LogP contribution in [0.25, 0.3) is 22.2 Å². The zero-order chi connectivity index (χ0) is 28.0. The highest BCUT2D eigenvalue weighted by molar-refractivity contribution is 6.33. The van der Waals surface area contributed by atoms with Crippen LogP contribution in [0.3, 0.4) is 0 Å². The van der Waals surface area contributed by atoms with Gasteiger partial charge in [-0.05, 0) is 49.1 Å². The van der Waals surface area contributed by atoms with Gasteiger partial charge in [0.15, 0.2) is 0 Å². The Balaban J connectivity index is 0.968. The van der Waals surface area contributed by atoms with Gasteiger partial charge in [-0.3, -0.25) is 0 Å². The molecule has 0 unspecified atom stereocenters. The number of carbonyl (C=O) groups excluding carboxylic acids is 1. The number of para-hydroxylation sites is 1. The lowest BCUT2D eigenvalue weighted by molar-refractivity contribution is 0.0805. The largest absolute Gasteiger partial charge is 0.445 e. The average Bonchev–Trinajstić information content (AvgIpc) is 3.45. The van der Waals surface area contributed by atoms with Crippen molar-refractivity contribution in [1.29, 1.82) is 0 Å². The normalized spacial score (nSPS) is 19.8. The molecular weight excluding hydrogens is 534 g/mol. The summed E-state index contributed by atoms with van der Waals surface area (Å²) in [6.45, 7) is 1.92. The lowest BCUT2D eigenvalue weighted by Gasteiger charge is -2.34. The fraction of sp³-hybridized carbons (Fsp3) is 0.424. The predicted octanol–water partition coefficient (Wildman–Crippen LogP) is 8.08. The molecule has 2 aromatic heterocycles. The average molecular weight is 572 g/mol. The van der Waals surface area contributed by atoms with Gasteiger partial charge in [-0.1, -0.05) is 85.8 Å². The number of fused-ring (bicyclic) bond motifs is 1. The van der Waals surface area contributed by atoms with E-state index in [1.165, 1.54) is 25.7 Å². The van der Waals surface area contributed by atoms with Crippen molar-refractivity contribution in [2.24, 2.45) is 11.8 Å². The van der Waals surface area contributed by atoms with Crippen LogP contribution in [0.4, 0.5) is 10.7 Å². The number of halogens is 1. The molecule has 1 aliphatic heterocycles. The van der Waals surface area contributed by atoms with Gasteiger partial charge in [-0.25, -0.2) is 14.8 Å². The SMILES string of the molecule is O=C(OCc1ccccc1)N1CCC(CC[C@H]2CCC[C@@H](Nc3ncc(Cl)c(-c4c[nH]c5ccccc45)n3)C2)CC1. The molecule has 0 radical (unpaired) electrons. The highest BCUT2D eigenvalue weighted by Crippen LogP contribution is 2.35. The molecule has 6 rings (SSSR count). The summed E-state index contributed by atoms with van der Waals surface area (Å²) in [5.74, 6) is 2.03. The minimum atomic E-state index is -0.189. The van der Waals surface area contributed by atoms with Gasteiger partial charge >= 0.3 is 6.09 Å². The van der Waals surface area contributed by atoms with Crippen LogP contribution < -0.4 is 5.32 Å². The zero-order valence-corrected chi connectivity index (χ0v) is 24.2. The van der Waals surface area contributed by atoms with E-state index >= 15 is 0 Å². The van der Waals surface area contributed by atoms with Crippen molar-refractivity contribution in [3.05, 3.63) is 77.6 Å². The third kappa shape index (κ3) is 6.84. The van der Waals surface area contributed by atoms with Crippen LogP contribution >= 0.6 is 11.6 Å². The van der Waals surface area contributed by atoms with Crippen molar-refractivity contribution in [2.45, 2.75) is 64.0 Å². The van der Waals surface area contributed by atoms with Gasteiger partial charge in [-0.15, -0.1) is 0 Å². The summed E-state index contributed by atoms with van der Waals surface area (Å²) in [5.41, 5.74) is 3.83. The standard InChI is InChI=1S/C33H38ClN5O2/c34-29-21-36-32(38-31(29)28-20-35-30-12-5-4-11-27(28)30)37-26-10-6-9-24(19-26)14-13-23-15-17-39(18-16-23)33(40)41-22-25-7-2-1-3-8-25/h1-5,7-8,11-12,20-21,23-24,26,35H,6,9-10,13-19,22H2,(H,36,37,38)/t24-,26-/m1/s1. The number of nitrogens with zero attached hydrogens (tertiary/aromatic N) is 3. The number of rotatable bonds is 8. The Morgan fingerprint density at radius 2 is 1.78 bits per heavy atom. The molecule has 41 heavy (non-hydrogen) atoms. The number of hydrogen-bond donors (Lipinski definition) is 2. The molecule has 4 aromatic rings. The Morgan fingerprint density at radius 1 is 1.00 bits per heavy atom. The molecule has 0 bridgehead atoms. The molecule has 2 atom stereocenters. The quantitative estimate of drug-likeness (QED) is 0.223. The van der Waals surface area contributed by atoms with Crippen molar-refractivity contribution >= 4 is 34.5 Å². The lowest BCUT2D eigenvalue weighted by Crippen LogP contribution is -2.39. The van der Waals surface area contributed by atoms with E-state index in [2.05, 4.69) is 27.4 Å². The van der Waals surface area contributed by atoms with Crippen molar-refractivity contribution < 1.29 is 9.53 Å². The van der Waals surface area contributed by atoms with Crippen molar-refractivity contribution in [3.8, 4) is 11.3 Å². The van der Waals surface area contributed by atoms with Crippen molar-refractivity contribution in [2.75, 3.05) is 18.4 Å². The first-order valence-electron chi connectivity index (χ1n) is 14.9. The second-order valence-electron chi connectivity index (χ2n) is 11.6. The second-order valence-corrected chi connectivity index (χ2v) is 12.0. The number of amides is 1. The molecule has 1 saturated heterocycles. The van der Waals surface area contributed by atoms with E-state index in [9.17, 15) is 4.79 Å². The number of ether oxygens (including phenoxy) is 1. The molecule has 2 aromatic carbocycles. The number of anilines is 1. The first-order valence-corrected chi connectivity index (χ1v) is 15.3. The highest BCUT2D eigenvalue weighted by atomic mass is 35.5. The van der Waals surface area contributed by atoms with E-state index in [4.69, 9.17) is 21.3 Å². The fourth-order valence-corrected chi connectivity index (χ4v) is 6.64. The highest BCUT2D eigenvalue weighted by Gasteiger charge is 2.27. The summed E-state index contributed by atoms with van der Waals surface area (Å²) in [7, 11) is 0. The molecule has 214 valence electrons. The van der Waals surface area contributed by atoms with Gasteiger partial charge in [0.05, 0.1) is 16.9 Å². The molecule has 2 N–H and O–H groups in total. The number of H-pyrrole nitrogens is 1. The molecular formula is C33H38ClN5O2. The van der Waals surface area contributed by atoms with Gasteiger partial charge in [0.25, 0.3) is 0 Å². The monoisotopic (exact) mass is 571 g/mol. The predicted molar refractivity (Wildman–Crippen MR) is 164 cm³/mol. The maximum atomic E-state index is 12.5. The van der Waals surface area contributed by atoms with Crippen LogP contribution in [0.15, 0.2) is 67.0 Å². The number of piperidine rings is 1. The first-order chi connectivity index (χ1) is 20.1. The number of carbonyl (C=O) groups is 1. The molecule has 7 nitrogen and oxygen atoms in total. The third-order valence-corrected chi connectivity index (χ3v) is 9.04. The van der Waals surface area contributed by atoms with E-state index in [-0.39, 0.29) is 6.09 Å². The summed E-state index contributed by atoms with van der Waals surface area (Å²) in [6.07, 6.45) is 12.8. The Bertz CT molecular complexity index is 1450. The smallest absolute Gasteiger partial charge is 0.410 e. The van der Waals surface area contributed by atoms with Gasteiger partial charge in [-0.2, -0.15) is 0 Å². The van der Waals surface area contributed by atoms with Crippen LogP contribution in [0.1, 0.15) is 56.9 Å². The van der Waals surface area contributed by atoms with Gasteiger partial charge < -0.3 is 19.9 Å². The molecule has 1 aliphatic carbocycles. The number of aromatic nitrogens is 3. The van der Waals surface area contributed by atoms with E-state index < -0.39 is 0 Å². The molecule has 8 heteroatoms. The fourth-order valence-electron chi connectivity index (χ4n) is 6.45. The van der Waals surface area contributed by atoms with Crippen LogP contribution in [-0.2, 0) is 11.3 Å². The maximum absolute atomic E-state index is 12.5. The Kier molecular flexibility index (Phi) is 8.71. The van der Waals surface area contributed by atoms with Crippen LogP contribution in [0.2, 0.25) is 5.02 Å². The van der Waals surface area contributed by atoms with E-state index in [1.54, 1.807) is 6.20 Å². The number of nitrogens with one attached hydrogen (secondary N) is 2. The number of aromatic amines is 1. The maximum Gasteiger partial charge on any atom is 0.410 e. The molecule has 3 heterocycles. The lowest BCUT2D eigenvalue weighted by atomic mass is 9.80. The van der Waals surface area contributed by atoms with E-state index in [0.717, 1.165) is 66.5 Å². The third-order valence-electron chi connectivity index (χ3n) is 8.77. The Hall–Kier alpha value is -3.58. The van der Waals surface area contributed by atoms with E-state index in [0.29, 0.717) is 35.5 Å². The van der Waals surface area contributed by atoms with Crippen molar-refractivity contribution in [3.63, 3.8) is 0 Å².